The monoisotopic (exact) mass is 533 g/mol. The zero-order chi connectivity index (χ0) is 27.5. The third-order valence-electron chi connectivity index (χ3n) is 7.48. The molecule has 2 aliphatic heterocycles. The lowest BCUT2D eigenvalue weighted by Crippen LogP contribution is -2.62. The number of aromatic nitrogens is 1. The Hall–Kier alpha value is -4.09. The number of nitrogen functional groups attached to an aromatic ring is 1. The fourth-order valence-electron chi connectivity index (χ4n) is 5.43. The molecule has 0 saturated carbocycles. The molecule has 1 aromatic heterocycles. The van der Waals surface area contributed by atoms with Crippen molar-refractivity contribution in [2.45, 2.75) is 19.0 Å². The van der Waals surface area contributed by atoms with Gasteiger partial charge < -0.3 is 41.4 Å². The molecule has 2 aliphatic rings. The first kappa shape index (κ1) is 26.5. The molecule has 0 aliphatic carbocycles. The Morgan fingerprint density at radius 3 is 2.62 bits per heavy atom. The van der Waals surface area contributed by atoms with Crippen LogP contribution >= 0.6 is 0 Å². The second kappa shape index (κ2) is 11.3. The molecule has 206 valence electrons. The van der Waals surface area contributed by atoms with Crippen molar-refractivity contribution in [1.82, 2.24) is 10.3 Å². The number of methoxy groups -OCH3 is 1. The Kier molecular flexibility index (Phi) is 7.71. The van der Waals surface area contributed by atoms with Crippen molar-refractivity contribution in [3.05, 3.63) is 54.4 Å². The number of nitrogens with two attached hydrogens (primary N) is 2. The van der Waals surface area contributed by atoms with E-state index >= 15 is 0 Å². The van der Waals surface area contributed by atoms with Crippen molar-refractivity contribution in [1.29, 1.82) is 0 Å². The van der Waals surface area contributed by atoms with E-state index in [0.717, 1.165) is 35.2 Å². The van der Waals surface area contributed by atoms with Crippen molar-refractivity contribution in [2.24, 2.45) is 11.7 Å². The van der Waals surface area contributed by atoms with Gasteiger partial charge in [-0.1, -0.05) is 13.0 Å². The highest BCUT2D eigenvalue weighted by Gasteiger charge is 2.34. The number of piperidine rings is 1. The topological polar surface area (TPSA) is 148 Å². The SMILES string of the molecule is COC(=O)N[C@@H]1[C@H](N)CN(c2ccncc2NC(=O)c2cc3cc(N4CCOCC4)ccc3cc2N)C[C@@H]1C. The summed E-state index contributed by atoms with van der Waals surface area (Å²) in [6, 6.07) is 11.1. The summed E-state index contributed by atoms with van der Waals surface area (Å²) < 4.78 is 10.2. The summed E-state index contributed by atoms with van der Waals surface area (Å²) in [7, 11) is 1.33. The molecule has 0 radical (unpaired) electrons. The Morgan fingerprint density at radius 1 is 1.08 bits per heavy atom. The quantitative estimate of drug-likeness (QED) is 0.363. The molecule has 2 aromatic carbocycles. The highest BCUT2D eigenvalue weighted by Crippen LogP contribution is 2.31. The minimum Gasteiger partial charge on any atom is -0.453 e. The third-order valence-corrected chi connectivity index (χ3v) is 7.48. The normalized spacial score (nSPS) is 21.5. The van der Waals surface area contributed by atoms with E-state index < -0.39 is 6.09 Å². The van der Waals surface area contributed by atoms with Crippen LogP contribution in [0, 0.1) is 5.92 Å². The van der Waals surface area contributed by atoms with Crippen LogP contribution in [0.4, 0.5) is 27.5 Å². The highest BCUT2D eigenvalue weighted by molar-refractivity contribution is 6.11. The van der Waals surface area contributed by atoms with Crippen molar-refractivity contribution >= 4 is 45.5 Å². The number of benzene rings is 2. The molecule has 2 amide bonds. The number of amides is 2. The van der Waals surface area contributed by atoms with Crippen molar-refractivity contribution in [2.75, 3.05) is 67.4 Å². The summed E-state index contributed by atoms with van der Waals surface area (Å²) in [4.78, 5) is 33.9. The fourth-order valence-corrected chi connectivity index (χ4v) is 5.43. The fraction of sp³-hybridized carbons (Fsp3) is 0.393. The summed E-state index contributed by atoms with van der Waals surface area (Å²) in [5.74, 6) is -0.277. The second-order valence-electron chi connectivity index (χ2n) is 10.1. The van der Waals surface area contributed by atoms with Crippen LogP contribution in [0.3, 0.4) is 0 Å². The van der Waals surface area contributed by atoms with Crippen LogP contribution in [0.2, 0.25) is 0 Å². The van der Waals surface area contributed by atoms with Gasteiger partial charge in [-0.15, -0.1) is 0 Å². The molecule has 3 aromatic rings. The van der Waals surface area contributed by atoms with Crippen molar-refractivity contribution < 1.29 is 19.1 Å². The summed E-state index contributed by atoms with van der Waals surface area (Å²) in [6.45, 7) is 6.18. The van der Waals surface area contributed by atoms with Gasteiger partial charge in [-0.25, -0.2) is 4.79 Å². The van der Waals surface area contributed by atoms with E-state index in [1.165, 1.54) is 7.11 Å². The molecule has 0 bridgehead atoms. The van der Waals surface area contributed by atoms with Crippen LogP contribution in [-0.2, 0) is 9.47 Å². The molecule has 2 fully saturated rings. The van der Waals surface area contributed by atoms with Gasteiger partial charge in [0.15, 0.2) is 0 Å². The smallest absolute Gasteiger partial charge is 0.407 e. The predicted molar refractivity (Wildman–Crippen MR) is 152 cm³/mol. The average Bonchev–Trinajstić information content (AvgIpc) is 2.94. The number of carbonyl (C=O) groups is 2. The standard InChI is InChI=1S/C28H35N7O4/c1-17-15-35(16-23(30)26(17)33-28(37)38-2)25-5-6-31-14-24(25)32-27(36)21-12-19-11-20(34-7-9-39-10-8-34)4-3-18(19)13-22(21)29/h3-6,11-14,17,23,26H,7-10,15-16,29-30H2,1-2H3,(H,32,36)(H,33,37)/t17-,23+,26-/m0/s1. The molecule has 3 heterocycles. The van der Waals surface area contributed by atoms with Gasteiger partial charge in [0.25, 0.3) is 5.91 Å². The molecule has 0 unspecified atom stereocenters. The lowest BCUT2D eigenvalue weighted by molar-refractivity contribution is 0.102. The van der Waals surface area contributed by atoms with E-state index in [-0.39, 0.29) is 23.9 Å². The van der Waals surface area contributed by atoms with Gasteiger partial charge in [0.05, 0.1) is 49.5 Å². The molecule has 6 N–H and O–H groups in total. The Morgan fingerprint density at radius 2 is 1.87 bits per heavy atom. The number of hydrogen-bond donors (Lipinski definition) is 4. The first-order valence-corrected chi connectivity index (χ1v) is 13.1. The van der Waals surface area contributed by atoms with Crippen LogP contribution in [0.15, 0.2) is 48.8 Å². The minimum atomic E-state index is -0.502. The van der Waals surface area contributed by atoms with Gasteiger partial charge in [0.1, 0.15) is 0 Å². The van der Waals surface area contributed by atoms with Gasteiger partial charge in [-0.3, -0.25) is 9.78 Å². The zero-order valence-corrected chi connectivity index (χ0v) is 22.2. The average molecular weight is 534 g/mol. The number of ether oxygens (including phenoxy) is 2. The van der Waals surface area contributed by atoms with Crippen molar-refractivity contribution in [3.63, 3.8) is 0 Å². The van der Waals surface area contributed by atoms with Gasteiger partial charge in [-0.2, -0.15) is 0 Å². The molecule has 5 rings (SSSR count). The maximum atomic E-state index is 13.5. The van der Waals surface area contributed by atoms with E-state index in [1.54, 1.807) is 12.4 Å². The number of anilines is 4. The number of alkyl carbamates (subject to hydrolysis) is 1. The van der Waals surface area contributed by atoms with E-state index in [1.807, 2.05) is 31.2 Å². The lowest BCUT2D eigenvalue weighted by Gasteiger charge is -2.42. The van der Waals surface area contributed by atoms with Crippen LogP contribution in [0.5, 0.6) is 0 Å². The summed E-state index contributed by atoms with van der Waals surface area (Å²) in [5, 5.41) is 7.75. The van der Waals surface area contributed by atoms with Gasteiger partial charge in [0, 0.05) is 49.8 Å². The molecule has 2 saturated heterocycles. The van der Waals surface area contributed by atoms with Gasteiger partial charge in [-0.05, 0) is 47.0 Å². The molecular weight excluding hydrogens is 498 g/mol. The Balaban J connectivity index is 1.36. The molecule has 39 heavy (non-hydrogen) atoms. The number of nitrogens with one attached hydrogen (secondary N) is 2. The van der Waals surface area contributed by atoms with Crippen molar-refractivity contribution in [3.8, 4) is 0 Å². The Bertz CT molecular complexity index is 1350. The number of rotatable bonds is 5. The van der Waals surface area contributed by atoms with E-state index in [0.29, 0.717) is 43.2 Å². The molecular formula is C28H35N7O4. The minimum absolute atomic E-state index is 0.0429. The van der Waals surface area contributed by atoms with Gasteiger partial charge >= 0.3 is 6.09 Å². The largest absolute Gasteiger partial charge is 0.453 e. The molecule has 11 nitrogen and oxygen atoms in total. The number of pyridine rings is 1. The number of morpholine rings is 1. The molecule has 0 spiro atoms. The Labute approximate surface area is 227 Å². The third kappa shape index (κ3) is 5.69. The predicted octanol–water partition coefficient (Wildman–Crippen LogP) is 2.41. The van der Waals surface area contributed by atoms with Crippen LogP contribution in [0.1, 0.15) is 17.3 Å². The highest BCUT2D eigenvalue weighted by atomic mass is 16.5. The maximum Gasteiger partial charge on any atom is 0.407 e. The number of hydrogen-bond acceptors (Lipinski definition) is 9. The maximum absolute atomic E-state index is 13.5. The number of fused-ring (bicyclic) bond motifs is 1. The zero-order valence-electron chi connectivity index (χ0n) is 22.2. The van der Waals surface area contributed by atoms with Crippen LogP contribution in [-0.4, -0.2) is 75.6 Å². The molecule has 11 heteroatoms. The number of carbonyl (C=O) groups excluding carboxylic acids is 2. The van der Waals surface area contributed by atoms with E-state index in [2.05, 4.69) is 37.6 Å². The first-order chi connectivity index (χ1) is 18.8. The second-order valence-corrected chi connectivity index (χ2v) is 10.1. The number of nitrogens with zero attached hydrogens (tertiary/aromatic N) is 3. The van der Waals surface area contributed by atoms with Crippen LogP contribution in [0.25, 0.3) is 10.8 Å². The lowest BCUT2D eigenvalue weighted by atomic mass is 9.90. The summed E-state index contributed by atoms with van der Waals surface area (Å²) in [5.41, 5.74) is 16.0. The summed E-state index contributed by atoms with van der Waals surface area (Å²) in [6.07, 6.45) is 2.80. The molecule has 3 atom stereocenters. The summed E-state index contributed by atoms with van der Waals surface area (Å²) >= 11 is 0. The van der Waals surface area contributed by atoms with Crippen LogP contribution < -0.4 is 31.9 Å². The van der Waals surface area contributed by atoms with E-state index in [9.17, 15) is 9.59 Å². The van der Waals surface area contributed by atoms with Gasteiger partial charge in [0.2, 0.25) is 0 Å². The first-order valence-electron chi connectivity index (χ1n) is 13.1. The van der Waals surface area contributed by atoms with E-state index in [4.69, 9.17) is 20.9 Å².